The highest BCUT2D eigenvalue weighted by molar-refractivity contribution is 5.71. The van der Waals surface area contributed by atoms with Gasteiger partial charge in [-0.2, -0.15) is 0 Å². The van der Waals surface area contributed by atoms with Crippen molar-refractivity contribution >= 4 is 17.9 Å². The van der Waals surface area contributed by atoms with Crippen LogP contribution in [0, 0.1) is 0 Å². The van der Waals surface area contributed by atoms with Crippen molar-refractivity contribution in [1.29, 1.82) is 0 Å². The molecule has 0 fully saturated rings. The molecule has 0 saturated heterocycles. The predicted molar refractivity (Wildman–Crippen MR) is 289 cm³/mol. The van der Waals surface area contributed by atoms with E-state index < -0.39 is 6.10 Å². The van der Waals surface area contributed by atoms with Gasteiger partial charge in [-0.15, -0.1) is 0 Å². The number of ether oxygens (including phenoxy) is 3. The number of rotatable bonds is 53. The fraction of sp³-hybridized carbons (Fsp3) is 0.820. The highest BCUT2D eigenvalue weighted by Crippen LogP contribution is 2.15. The van der Waals surface area contributed by atoms with Gasteiger partial charge in [-0.1, -0.05) is 230 Å². The highest BCUT2D eigenvalue weighted by atomic mass is 16.6. The molecule has 390 valence electrons. The summed E-state index contributed by atoms with van der Waals surface area (Å²) in [7, 11) is 0. The van der Waals surface area contributed by atoms with Crippen molar-refractivity contribution in [2.75, 3.05) is 13.2 Å². The molecule has 0 aromatic carbocycles. The molecule has 0 aliphatic rings. The predicted octanol–water partition coefficient (Wildman–Crippen LogP) is 19.4. The van der Waals surface area contributed by atoms with Crippen LogP contribution >= 0.6 is 0 Å². The summed E-state index contributed by atoms with van der Waals surface area (Å²) >= 11 is 0. The van der Waals surface area contributed by atoms with Crippen molar-refractivity contribution in [1.82, 2.24) is 0 Å². The summed E-state index contributed by atoms with van der Waals surface area (Å²) in [5, 5.41) is 0. The van der Waals surface area contributed by atoms with E-state index in [0.717, 1.165) is 77.0 Å². The molecule has 1 atom stereocenters. The van der Waals surface area contributed by atoms with Gasteiger partial charge in [0.2, 0.25) is 0 Å². The average molecular weight is 940 g/mol. The van der Waals surface area contributed by atoms with Crippen molar-refractivity contribution in [2.45, 2.75) is 309 Å². The maximum atomic E-state index is 12.9. The average Bonchev–Trinajstić information content (AvgIpc) is 3.33. The smallest absolute Gasteiger partial charge is 0.306 e. The zero-order chi connectivity index (χ0) is 48.6. The van der Waals surface area contributed by atoms with E-state index in [1.165, 1.54) is 186 Å². The first-order chi connectivity index (χ1) is 33.0. The molecule has 1 unspecified atom stereocenters. The summed E-state index contributed by atoms with van der Waals surface area (Å²) in [5.74, 6) is -0.887. The molecule has 67 heavy (non-hydrogen) atoms. The van der Waals surface area contributed by atoms with Crippen molar-refractivity contribution < 1.29 is 28.6 Å². The van der Waals surface area contributed by atoms with E-state index in [0.29, 0.717) is 19.3 Å². The van der Waals surface area contributed by atoms with E-state index in [1.54, 1.807) is 0 Å². The van der Waals surface area contributed by atoms with Crippen LogP contribution in [0.2, 0.25) is 0 Å². The van der Waals surface area contributed by atoms with E-state index in [2.05, 4.69) is 69.4 Å². The van der Waals surface area contributed by atoms with Crippen LogP contribution in [0.4, 0.5) is 0 Å². The minimum absolute atomic E-state index is 0.0798. The SMILES string of the molecule is CCCCC/C=C\C/C=C\CCCCCCCCCC(=O)OC(COC(=O)CCCCCCC/C=C\CCCCCCC)COC(=O)CCCCCCCCC/C=C\CCCCCCCCC. The zero-order valence-electron chi connectivity index (χ0n) is 44.7. The fourth-order valence-electron chi connectivity index (χ4n) is 8.35. The standard InChI is InChI=1S/C61H110O6/c1-4-7-10-13-16-19-22-25-28-30-32-33-36-39-42-45-48-51-54-60(63)66-57-58(56-65-59(62)53-50-47-44-41-38-35-27-24-21-18-15-12-9-6-3)67-61(64)55-52-49-46-43-40-37-34-31-29-26-23-20-17-14-11-8-5-2/h17,20,24,26-30,58H,4-16,18-19,21-23,25,31-57H2,1-3H3/b20-17-,27-24-,29-26-,30-28-. The van der Waals surface area contributed by atoms with Gasteiger partial charge in [0.05, 0.1) is 0 Å². The molecule has 0 bridgehead atoms. The van der Waals surface area contributed by atoms with Gasteiger partial charge in [-0.25, -0.2) is 0 Å². The third-order valence-corrected chi connectivity index (χ3v) is 12.8. The molecule has 0 saturated carbocycles. The van der Waals surface area contributed by atoms with Gasteiger partial charge < -0.3 is 14.2 Å². The van der Waals surface area contributed by atoms with E-state index in [-0.39, 0.29) is 31.1 Å². The monoisotopic (exact) mass is 939 g/mol. The molecule has 0 N–H and O–H groups in total. The van der Waals surface area contributed by atoms with Crippen molar-refractivity contribution in [3.8, 4) is 0 Å². The lowest BCUT2D eigenvalue weighted by molar-refractivity contribution is -0.167. The Kier molecular flexibility index (Phi) is 53.8. The molecule has 0 amide bonds. The molecule has 0 aliphatic heterocycles. The molecular weight excluding hydrogens is 829 g/mol. The maximum Gasteiger partial charge on any atom is 0.306 e. The molecule has 0 aliphatic carbocycles. The quantitative estimate of drug-likeness (QED) is 0.0262. The number of hydrogen-bond donors (Lipinski definition) is 0. The van der Waals surface area contributed by atoms with Crippen molar-refractivity contribution in [2.24, 2.45) is 0 Å². The van der Waals surface area contributed by atoms with E-state index in [9.17, 15) is 14.4 Å². The molecule has 0 spiro atoms. The van der Waals surface area contributed by atoms with Crippen LogP contribution in [-0.4, -0.2) is 37.2 Å². The Bertz CT molecular complexity index is 1170. The number of carbonyl (C=O) groups is 3. The summed E-state index contributed by atoms with van der Waals surface area (Å²) in [6.45, 7) is 6.62. The fourth-order valence-corrected chi connectivity index (χ4v) is 8.35. The van der Waals surface area contributed by atoms with Gasteiger partial charge in [-0.05, 0) is 103 Å². The minimum Gasteiger partial charge on any atom is -0.462 e. The van der Waals surface area contributed by atoms with E-state index in [1.807, 2.05) is 0 Å². The third kappa shape index (κ3) is 54.2. The first kappa shape index (κ1) is 64.4. The lowest BCUT2D eigenvalue weighted by Gasteiger charge is -2.18. The number of unbranched alkanes of at least 4 members (excludes halogenated alkanes) is 34. The topological polar surface area (TPSA) is 78.9 Å². The Balaban J connectivity index is 4.38. The van der Waals surface area contributed by atoms with Crippen LogP contribution in [-0.2, 0) is 28.6 Å². The van der Waals surface area contributed by atoms with Crippen LogP contribution in [0.15, 0.2) is 48.6 Å². The molecule has 0 radical (unpaired) electrons. The zero-order valence-corrected chi connectivity index (χ0v) is 44.7. The van der Waals surface area contributed by atoms with Gasteiger partial charge in [0.15, 0.2) is 6.10 Å². The number of hydrogen-bond acceptors (Lipinski definition) is 6. The van der Waals surface area contributed by atoms with E-state index in [4.69, 9.17) is 14.2 Å². The van der Waals surface area contributed by atoms with Crippen LogP contribution in [0.1, 0.15) is 303 Å². The lowest BCUT2D eigenvalue weighted by atomic mass is 10.1. The van der Waals surface area contributed by atoms with Crippen LogP contribution in [0.25, 0.3) is 0 Å². The Hall–Kier alpha value is -2.63. The first-order valence-corrected chi connectivity index (χ1v) is 29.1. The molecule has 0 rings (SSSR count). The second-order valence-corrected chi connectivity index (χ2v) is 19.5. The van der Waals surface area contributed by atoms with Crippen LogP contribution in [0.5, 0.6) is 0 Å². The maximum absolute atomic E-state index is 12.9. The molecule has 0 heterocycles. The molecule has 0 aromatic heterocycles. The van der Waals surface area contributed by atoms with Gasteiger partial charge in [0, 0.05) is 19.3 Å². The Morgan fingerprint density at radius 1 is 0.299 bits per heavy atom. The van der Waals surface area contributed by atoms with E-state index >= 15 is 0 Å². The van der Waals surface area contributed by atoms with Gasteiger partial charge in [-0.3, -0.25) is 14.4 Å². The Morgan fingerprint density at radius 2 is 0.537 bits per heavy atom. The second kappa shape index (κ2) is 56.0. The number of esters is 3. The third-order valence-electron chi connectivity index (χ3n) is 12.8. The molecule has 6 nitrogen and oxygen atoms in total. The van der Waals surface area contributed by atoms with Crippen molar-refractivity contribution in [3.05, 3.63) is 48.6 Å². The lowest BCUT2D eigenvalue weighted by Crippen LogP contribution is -2.30. The normalized spacial score (nSPS) is 12.3. The van der Waals surface area contributed by atoms with Crippen LogP contribution < -0.4 is 0 Å². The first-order valence-electron chi connectivity index (χ1n) is 29.1. The molecule has 6 heteroatoms. The second-order valence-electron chi connectivity index (χ2n) is 19.5. The number of carbonyl (C=O) groups excluding carboxylic acids is 3. The highest BCUT2D eigenvalue weighted by Gasteiger charge is 2.19. The Morgan fingerprint density at radius 3 is 0.866 bits per heavy atom. The number of allylic oxidation sites excluding steroid dienone is 8. The summed E-state index contributed by atoms with van der Waals surface area (Å²) in [6.07, 6.45) is 68.1. The summed E-state index contributed by atoms with van der Waals surface area (Å²) in [5.41, 5.74) is 0. The van der Waals surface area contributed by atoms with Gasteiger partial charge in [0.25, 0.3) is 0 Å². The minimum atomic E-state index is -0.782. The largest absolute Gasteiger partial charge is 0.462 e. The molecular formula is C61H110O6. The van der Waals surface area contributed by atoms with Crippen molar-refractivity contribution in [3.63, 3.8) is 0 Å². The van der Waals surface area contributed by atoms with Crippen LogP contribution in [0.3, 0.4) is 0 Å². The summed E-state index contributed by atoms with van der Waals surface area (Å²) < 4.78 is 16.9. The summed E-state index contributed by atoms with van der Waals surface area (Å²) in [4.78, 5) is 38.2. The summed E-state index contributed by atoms with van der Waals surface area (Å²) in [6, 6.07) is 0. The Labute approximate surface area is 416 Å². The van der Waals surface area contributed by atoms with Gasteiger partial charge in [0.1, 0.15) is 13.2 Å². The molecule has 0 aromatic rings. The van der Waals surface area contributed by atoms with Gasteiger partial charge >= 0.3 is 17.9 Å².